The van der Waals surface area contributed by atoms with Gasteiger partial charge in [-0.2, -0.15) is 0 Å². The van der Waals surface area contributed by atoms with E-state index in [1.54, 1.807) is 15.9 Å². The normalized spacial score (nSPS) is 21.9. The molecule has 194 valence electrons. The smallest absolute Gasteiger partial charge is 0.410 e. The zero-order chi connectivity index (χ0) is 26.5. The number of sulfone groups is 1. The quantitative estimate of drug-likeness (QED) is 0.595. The van der Waals surface area contributed by atoms with Crippen LogP contribution in [0.1, 0.15) is 22.8 Å². The average molecular weight is 556 g/mol. The van der Waals surface area contributed by atoms with Crippen molar-refractivity contribution in [2.45, 2.75) is 23.3 Å². The van der Waals surface area contributed by atoms with Crippen molar-refractivity contribution in [3.63, 3.8) is 0 Å². The fourth-order valence-electron chi connectivity index (χ4n) is 4.76. The van der Waals surface area contributed by atoms with Crippen LogP contribution in [0.4, 0.5) is 4.79 Å². The highest BCUT2D eigenvalue weighted by Crippen LogP contribution is 2.42. The first-order valence-electron chi connectivity index (χ1n) is 11.0. The molecule has 2 N–H and O–H groups in total. The van der Waals surface area contributed by atoms with Gasteiger partial charge in [0.2, 0.25) is 10.0 Å². The molecule has 0 saturated carbocycles. The van der Waals surface area contributed by atoms with Gasteiger partial charge in [-0.25, -0.2) is 26.8 Å². The third-order valence-electron chi connectivity index (χ3n) is 6.67. The van der Waals surface area contributed by atoms with Crippen molar-refractivity contribution in [3.05, 3.63) is 58.6 Å². The number of halogens is 1. The molecule has 0 spiro atoms. The number of carbonyl (C=O) groups is 2. The molecular weight excluding hydrogens is 530 g/mol. The van der Waals surface area contributed by atoms with Crippen LogP contribution >= 0.6 is 11.6 Å². The molecule has 2 heterocycles. The highest BCUT2D eigenvalue weighted by Gasteiger charge is 2.52. The van der Waals surface area contributed by atoms with Crippen molar-refractivity contribution in [2.24, 2.45) is 16.5 Å². The molecule has 0 unspecified atom stereocenters. The van der Waals surface area contributed by atoms with Crippen molar-refractivity contribution in [1.29, 1.82) is 0 Å². The molecular formula is C23H26ClN3O7S2. The second-order valence-electron chi connectivity index (χ2n) is 9.61. The maximum atomic E-state index is 13.0. The monoisotopic (exact) mass is 555 g/mol. The number of primary sulfonamides is 1. The second kappa shape index (κ2) is 9.33. The van der Waals surface area contributed by atoms with Crippen LogP contribution in [0.15, 0.2) is 52.3 Å². The summed E-state index contributed by atoms with van der Waals surface area (Å²) in [7, 11) is -7.30. The standard InChI is InChI=1S/C23H26ClN3O7S2/c1-23-13-26(21(28)16-3-5-19(6-4-16)36(25,32)33)10-17(23)11-27(14-23)22(29)34-12-15-7-18(24)9-20(8-15)35(2,30)31/h3-9,17H,10-14H2,1-2H3,(H2,25,32,33)/t17-,23-/m0/s1. The van der Waals surface area contributed by atoms with Crippen LogP contribution < -0.4 is 5.14 Å². The van der Waals surface area contributed by atoms with E-state index in [0.29, 0.717) is 37.3 Å². The molecule has 2 aliphatic rings. The molecule has 2 atom stereocenters. The Hall–Kier alpha value is -2.67. The van der Waals surface area contributed by atoms with E-state index in [0.717, 1.165) is 6.26 Å². The third-order valence-corrected chi connectivity index (χ3v) is 8.91. The SMILES string of the molecule is C[C@]12CN(C(=O)OCc3cc(Cl)cc(S(C)(=O)=O)c3)C[C@@H]1CN(C(=O)c1ccc(S(N)(=O)=O)cc1)C2. The van der Waals surface area contributed by atoms with Gasteiger partial charge in [-0.05, 0) is 48.0 Å². The van der Waals surface area contributed by atoms with Crippen molar-refractivity contribution >= 4 is 43.5 Å². The highest BCUT2D eigenvalue weighted by molar-refractivity contribution is 7.90. The summed E-state index contributed by atoms with van der Waals surface area (Å²) in [6, 6.07) is 9.79. The average Bonchev–Trinajstić information content (AvgIpc) is 3.27. The predicted molar refractivity (Wildman–Crippen MR) is 132 cm³/mol. The Morgan fingerprint density at radius 1 is 1.03 bits per heavy atom. The molecule has 2 saturated heterocycles. The number of benzene rings is 2. The molecule has 2 fully saturated rings. The van der Waals surface area contributed by atoms with Crippen LogP contribution in [0.2, 0.25) is 5.02 Å². The summed E-state index contributed by atoms with van der Waals surface area (Å²) >= 11 is 6.01. The van der Waals surface area contributed by atoms with Crippen LogP contribution in [0, 0.1) is 11.3 Å². The molecule has 2 aromatic rings. The Morgan fingerprint density at radius 2 is 1.64 bits per heavy atom. The van der Waals surface area contributed by atoms with Gasteiger partial charge in [0.15, 0.2) is 9.84 Å². The Balaban J connectivity index is 1.36. The summed E-state index contributed by atoms with van der Waals surface area (Å²) < 4.78 is 51.9. The summed E-state index contributed by atoms with van der Waals surface area (Å²) in [5.74, 6) is -0.177. The molecule has 36 heavy (non-hydrogen) atoms. The van der Waals surface area contributed by atoms with Gasteiger partial charge in [0.1, 0.15) is 6.61 Å². The number of sulfonamides is 1. The molecule has 10 nitrogen and oxygen atoms in total. The molecule has 0 aliphatic carbocycles. The predicted octanol–water partition coefficient (Wildman–Crippen LogP) is 2.12. The largest absolute Gasteiger partial charge is 0.445 e. The van der Waals surface area contributed by atoms with Gasteiger partial charge in [0, 0.05) is 54.4 Å². The maximum Gasteiger partial charge on any atom is 0.410 e. The third kappa shape index (κ3) is 5.51. The Labute approximate surface area is 214 Å². The Kier molecular flexibility index (Phi) is 6.84. The first-order chi connectivity index (χ1) is 16.7. The zero-order valence-electron chi connectivity index (χ0n) is 19.7. The Bertz CT molecular complexity index is 1430. The number of ether oxygens (including phenoxy) is 1. The van der Waals surface area contributed by atoms with Gasteiger partial charge in [-0.1, -0.05) is 18.5 Å². The van der Waals surface area contributed by atoms with E-state index in [1.807, 2.05) is 6.92 Å². The van der Waals surface area contributed by atoms with Gasteiger partial charge in [0.25, 0.3) is 5.91 Å². The first kappa shape index (κ1) is 26.4. The Morgan fingerprint density at radius 3 is 2.22 bits per heavy atom. The van der Waals surface area contributed by atoms with E-state index in [1.165, 1.54) is 36.4 Å². The van der Waals surface area contributed by atoms with Gasteiger partial charge in [-0.15, -0.1) is 0 Å². The van der Waals surface area contributed by atoms with E-state index < -0.39 is 26.0 Å². The van der Waals surface area contributed by atoms with Gasteiger partial charge in [-0.3, -0.25) is 4.79 Å². The van der Waals surface area contributed by atoms with E-state index >= 15 is 0 Å². The van der Waals surface area contributed by atoms with Gasteiger partial charge < -0.3 is 14.5 Å². The second-order valence-corrected chi connectivity index (χ2v) is 13.6. The molecule has 0 aromatic heterocycles. The summed E-state index contributed by atoms with van der Waals surface area (Å²) in [5.41, 5.74) is 0.499. The zero-order valence-corrected chi connectivity index (χ0v) is 22.1. The minimum atomic E-state index is -3.84. The van der Waals surface area contributed by atoms with Crippen LogP contribution in [-0.2, 0) is 31.2 Å². The number of nitrogens with zero attached hydrogens (tertiary/aromatic N) is 2. The minimum absolute atomic E-state index is 0.0423. The lowest BCUT2D eigenvalue weighted by Crippen LogP contribution is -2.38. The van der Waals surface area contributed by atoms with E-state index in [4.69, 9.17) is 21.5 Å². The summed E-state index contributed by atoms with van der Waals surface area (Å²) in [6.07, 6.45) is 0.550. The fourth-order valence-corrected chi connectivity index (χ4v) is 6.30. The summed E-state index contributed by atoms with van der Waals surface area (Å²) in [6.45, 7) is 3.57. The molecule has 4 rings (SSSR count). The van der Waals surface area contributed by atoms with Crippen LogP contribution in [0.5, 0.6) is 0 Å². The van der Waals surface area contributed by atoms with Gasteiger partial charge >= 0.3 is 6.09 Å². The number of hydrogen-bond donors (Lipinski definition) is 1. The van der Waals surface area contributed by atoms with Gasteiger partial charge in [0.05, 0.1) is 9.79 Å². The molecule has 13 heteroatoms. The van der Waals surface area contributed by atoms with Crippen LogP contribution in [0.25, 0.3) is 0 Å². The topological polar surface area (TPSA) is 144 Å². The first-order valence-corrected chi connectivity index (χ1v) is 14.8. The van der Waals surface area contributed by atoms with E-state index in [-0.39, 0.29) is 38.7 Å². The van der Waals surface area contributed by atoms with Crippen LogP contribution in [-0.4, -0.2) is 71.1 Å². The van der Waals surface area contributed by atoms with Crippen molar-refractivity contribution in [1.82, 2.24) is 9.80 Å². The minimum Gasteiger partial charge on any atom is -0.445 e. The fraction of sp³-hybridized carbons (Fsp3) is 0.391. The highest BCUT2D eigenvalue weighted by atomic mass is 35.5. The number of nitrogens with two attached hydrogens (primary N) is 1. The molecule has 2 aliphatic heterocycles. The van der Waals surface area contributed by atoms with Crippen molar-refractivity contribution in [2.75, 3.05) is 32.4 Å². The van der Waals surface area contributed by atoms with Crippen molar-refractivity contribution in [3.8, 4) is 0 Å². The van der Waals surface area contributed by atoms with E-state index in [2.05, 4.69) is 0 Å². The molecule has 2 aromatic carbocycles. The molecule has 0 radical (unpaired) electrons. The number of amides is 2. The summed E-state index contributed by atoms with van der Waals surface area (Å²) in [4.78, 5) is 29.0. The number of rotatable bonds is 5. The maximum absolute atomic E-state index is 13.0. The molecule has 0 bridgehead atoms. The van der Waals surface area contributed by atoms with Crippen LogP contribution in [0.3, 0.4) is 0 Å². The van der Waals surface area contributed by atoms with Crippen molar-refractivity contribution < 1.29 is 31.2 Å². The lowest BCUT2D eigenvalue weighted by Gasteiger charge is -2.25. The summed E-state index contributed by atoms with van der Waals surface area (Å²) in [5, 5.41) is 5.34. The lowest BCUT2D eigenvalue weighted by atomic mass is 9.83. The van der Waals surface area contributed by atoms with E-state index in [9.17, 15) is 26.4 Å². The number of fused-ring (bicyclic) bond motifs is 1. The molecule has 2 amide bonds. The lowest BCUT2D eigenvalue weighted by molar-refractivity contribution is 0.0748. The number of carbonyl (C=O) groups excluding carboxylic acids is 2. The number of hydrogen-bond acceptors (Lipinski definition) is 7. The number of likely N-dealkylation sites (tertiary alicyclic amines) is 2.